The van der Waals surface area contributed by atoms with E-state index in [1.54, 1.807) is 31.2 Å². The molecule has 1 atom stereocenters. The Bertz CT molecular complexity index is 901. The summed E-state index contributed by atoms with van der Waals surface area (Å²) in [5.74, 6) is -1.13. The van der Waals surface area contributed by atoms with Gasteiger partial charge in [0.1, 0.15) is 11.9 Å². The first-order valence-electron chi connectivity index (χ1n) is 7.95. The van der Waals surface area contributed by atoms with Gasteiger partial charge in [0.15, 0.2) is 0 Å². The van der Waals surface area contributed by atoms with E-state index in [9.17, 15) is 17.6 Å². The Kier molecular flexibility index (Phi) is 6.26. The molecular weight excluding hydrogens is 379 g/mol. The van der Waals surface area contributed by atoms with Crippen molar-refractivity contribution in [1.82, 2.24) is 0 Å². The van der Waals surface area contributed by atoms with Crippen LogP contribution in [0.1, 0.15) is 18.9 Å². The topological polar surface area (TPSA) is 66.5 Å². The lowest BCUT2D eigenvalue weighted by Gasteiger charge is -2.30. The number of carbonyl (C=O) groups is 1. The van der Waals surface area contributed by atoms with Crippen LogP contribution >= 0.6 is 11.6 Å². The number of sulfonamides is 1. The first kappa shape index (κ1) is 20.2. The van der Waals surface area contributed by atoms with Gasteiger partial charge in [0.05, 0.1) is 17.0 Å². The monoisotopic (exact) mass is 398 g/mol. The van der Waals surface area contributed by atoms with Gasteiger partial charge in [-0.3, -0.25) is 9.10 Å². The molecule has 0 unspecified atom stereocenters. The number of hydrogen-bond donors (Lipinski definition) is 1. The molecule has 0 aliphatic heterocycles. The lowest BCUT2D eigenvalue weighted by Crippen LogP contribution is -2.47. The Balaban J connectivity index is 2.36. The van der Waals surface area contributed by atoms with E-state index in [1.165, 1.54) is 12.1 Å². The maximum atomic E-state index is 13.3. The fourth-order valence-corrected chi connectivity index (χ4v) is 3.94. The predicted octanol–water partition coefficient (Wildman–Crippen LogP) is 3.97. The Morgan fingerprint density at radius 3 is 2.35 bits per heavy atom. The summed E-state index contributed by atoms with van der Waals surface area (Å²) in [6.45, 7) is 3.60. The second-order valence-corrected chi connectivity index (χ2v) is 8.20. The summed E-state index contributed by atoms with van der Waals surface area (Å²) in [6, 6.07) is 9.67. The number of carbonyl (C=O) groups excluding carboxylic acids is 1. The Labute approximate surface area is 157 Å². The largest absolute Gasteiger partial charge is 0.324 e. The zero-order chi connectivity index (χ0) is 19.5. The fraction of sp³-hybridized carbons (Fsp3) is 0.278. The highest BCUT2D eigenvalue weighted by atomic mass is 35.5. The molecule has 2 aromatic carbocycles. The third-order valence-corrected chi connectivity index (χ3v) is 5.27. The van der Waals surface area contributed by atoms with Crippen LogP contribution in [-0.2, 0) is 14.8 Å². The van der Waals surface area contributed by atoms with Crippen molar-refractivity contribution in [1.29, 1.82) is 0 Å². The SMILES string of the molecule is CC[C@@H](C(=O)Nc1ccc(F)c(Cl)c1)N(c1ccc(C)cc1)S(C)(=O)=O. The highest BCUT2D eigenvalue weighted by Crippen LogP contribution is 2.25. The van der Waals surface area contributed by atoms with Crippen LogP contribution in [0.4, 0.5) is 15.8 Å². The molecule has 0 saturated carbocycles. The summed E-state index contributed by atoms with van der Waals surface area (Å²) in [7, 11) is -3.71. The number of benzene rings is 2. The summed E-state index contributed by atoms with van der Waals surface area (Å²) in [5, 5.41) is 2.47. The van der Waals surface area contributed by atoms with Crippen LogP contribution in [0.15, 0.2) is 42.5 Å². The molecule has 5 nitrogen and oxygen atoms in total. The van der Waals surface area contributed by atoms with E-state index in [2.05, 4.69) is 5.32 Å². The van der Waals surface area contributed by atoms with Gasteiger partial charge in [0, 0.05) is 5.69 Å². The Morgan fingerprint density at radius 2 is 1.85 bits per heavy atom. The molecule has 0 aliphatic rings. The third-order valence-electron chi connectivity index (χ3n) is 3.81. The van der Waals surface area contributed by atoms with Crippen molar-refractivity contribution in [3.8, 4) is 0 Å². The molecule has 0 heterocycles. The van der Waals surface area contributed by atoms with Gasteiger partial charge in [-0.05, 0) is 43.7 Å². The van der Waals surface area contributed by atoms with E-state index in [-0.39, 0.29) is 17.1 Å². The summed E-state index contributed by atoms with van der Waals surface area (Å²) < 4.78 is 39.1. The fourth-order valence-electron chi connectivity index (χ4n) is 2.55. The molecule has 140 valence electrons. The van der Waals surface area contributed by atoms with Crippen LogP contribution in [0.2, 0.25) is 5.02 Å². The van der Waals surface area contributed by atoms with Crippen LogP contribution in [0.5, 0.6) is 0 Å². The smallest absolute Gasteiger partial charge is 0.248 e. The minimum Gasteiger partial charge on any atom is -0.324 e. The zero-order valence-electron chi connectivity index (χ0n) is 14.7. The van der Waals surface area contributed by atoms with Crippen molar-refractivity contribution in [2.24, 2.45) is 0 Å². The molecule has 8 heteroatoms. The molecule has 0 spiro atoms. The van der Waals surface area contributed by atoms with Gasteiger partial charge >= 0.3 is 0 Å². The molecule has 26 heavy (non-hydrogen) atoms. The van der Waals surface area contributed by atoms with Crippen LogP contribution in [0.3, 0.4) is 0 Å². The normalized spacial score (nSPS) is 12.5. The maximum Gasteiger partial charge on any atom is 0.248 e. The first-order valence-corrected chi connectivity index (χ1v) is 10.2. The average Bonchev–Trinajstić information content (AvgIpc) is 2.56. The second kappa shape index (κ2) is 8.05. The van der Waals surface area contributed by atoms with E-state index in [0.29, 0.717) is 5.69 Å². The minimum atomic E-state index is -3.71. The van der Waals surface area contributed by atoms with Crippen molar-refractivity contribution in [3.05, 3.63) is 58.9 Å². The molecule has 0 radical (unpaired) electrons. The highest BCUT2D eigenvalue weighted by Gasteiger charge is 2.31. The van der Waals surface area contributed by atoms with Gasteiger partial charge in [-0.2, -0.15) is 0 Å². The second-order valence-electron chi connectivity index (χ2n) is 5.94. The van der Waals surface area contributed by atoms with Gasteiger partial charge in [-0.25, -0.2) is 12.8 Å². The van der Waals surface area contributed by atoms with E-state index in [4.69, 9.17) is 11.6 Å². The first-order chi connectivity index (χ1) is 12.1. The lowest BCUT2D eigenvalue weighted by molar-refractivity contribution is -0.117. The van der Waals surface area contributed by atoms with E-state index >= 15 is 0 Å². The van der Waals surface area contributed by atoms with Crippen LogP contribution in [-0.4, -0.2) is 26.6 Å². The zero-order valence-corrected chi connectivity index (χ0v) is 16.2. The summed E-state index contributed by atoms with van der Waals surface area (Å²) in [4.78, 5) is 12.7. The van der Waals surface area contributed by atoms with Crippen molar-refractivity contribution in [2.45, 2.75) is 26.3 Å². The number of nitrogens with one attached hydrogen (secondary N) is 1. The quantitative estimate of drug-likeness (QED) is 0.800. The van der Waals surface area contributed by atoms with Gasteiger partial charge < -0.3 is 5.32 Å². The van der Waals surface area contributed by atoms with Crippen molar-refractivity contribution >= 4 is 38.9 Å². The predicted molar refractivity (Wildman–Crippen MR) is 103 cm³/mol. The molecular formula is C18H20ClFN2O3S. The molecule has 1 N–H and O–H groups in total. The number of anilines is 2. The number of nitrogens with zero attached hydrogens (tertiary/aromatic N) is 1. The Morgan fingerprint density at radius 1 is 1.23 bits per heavy atom. The molecule has 2 rings (SSSR count). The minimum absolute atomic E-state index is 0.130. The molecule has 0 aliphatic carbocycles. The summed E-state index contributed by atoms with van der Waals surface area (Å²) in [5.41, 5.74) is 1.66. The summed E-state index contributed by atoms with van der Waals surface area (Å²) in [6.07, 6.45) is 1.30. The van der Waals surface area contributed by atoms with Crippen LogP contribution < -0.4 is 9.62 Å². The Hall–Kier alpha value is -2.12. The summed E-state index contributed by atoms with van der Waals surface area (Å²) >= 11 is 5.72. The van der Waals surface area contributed by atoms with Gasteiger partial charge in [0.25, 0.3) is 0 Å². The average molecular weight is 399 g/mol. The molecule has 0 fully saturated rings. The number of rotatable bonds is 6. The molecule has 0 saturated heterocycles. The number of halogens is 2. The van der Waals surface area contributed by atoms with Crippen LogP contribution in [0.25, 0.3) is 0 Å². The standard InChI is InChI=1S/C18H20ClFN2O3S/c1-4-17(18(23)21-13-7-10-16(20)15(19)11-13)22(26(3,24)25)14-8-5-12(2)6-9-14/h5-11,17H,4H2,1-3H3,(H,21,23)/t17-/m0/s1. The van der Waals surface area contributed by atoms with E-state index < -0.39 is 27.8 Å². The molecule has 0 aromatic heterocycles. The van der Waals surface area contributed by atoms with Crippen molar-refractivity contribution < 1.29 is 17.6 Å². The highest BCUT2D eigenvalue weighted by molar-refractivity contribution is 7.92. The van der Waals surface area contributed by atoms with E-state index in [0.717, 1.165) is 22.2 Å². The lowest BCUT2D eigenvalue weighted by atomic mass is 10.1. The van der Waals surface area contributed by atoms with Gasteiger partial charge in [-0.15, -0.1) is 0 Å². The number of hydrogen-bond acceptors (Lipinski definition) is 3. The third kappa shape index (κ3) is 4.74. The molecule has 1 amide bonds. The van der Waals surface area contributed by atoms with Crippen LogP contribution in [0, 0.1) is 12.7 Å². The molecule has 0 bridgehead atoms. The van der Waals surface area contributed by atoms with Gasteiger partial charge in [-0.1, -0.05) is 36.2 Å². The van der Waals surface area contributed by atoms with E-state index in [1.807, 2.05) is 6.92 Å². The van der Waals surface area contributed by atoms with Gasteiger partial charge in [0.2, 0.25) is 15.9 Å². The number of amides is 1. The molecule has 2 aromatic rings. The number of aryl methyl sites for hydroxylation is 1. The maximum absolute atomic E-state index is 13.3. The van der Waals surface area contributed by atoms with Crippen molar-refractivity contribution in [3.63, 3.8) is 0 Å². The van der Waals surface area contributed by atoms with Crippen molar-refractivity contribution in [2.75, 3.05) is 15.9 Å².